The Morgan fingerprint density at radius 1 is 1.15 bits per heavy atom. The molecule has 4 rings (SSSR count). The molecule has 0 unspecified atom stereocenters. The molecule has 3 aromatic rings. The molecule has 1 saturated heterocycles. The summed E-state index contributed by atoms with van der Waals surface area (Å²) in [5.74, 6) is 0.551. The second-order valence-corrected chi connectivity index (χ2v) is 6.45. The molecule has 0 aliphatic carbocycles. The van der Waals surface area contributed by atoms with Crippen LogP contribution < -0.4 is 11.0 Å². The van der Waals surface area contributed by atoms with E-state index < -0.39 is 0 Å². The zero-order chi connectivity index (χ0) is 17.9. The monoisotopic (exact) mass is 352 g/mol. The van der Waals surface area contributed by atoms with Crippen molar-refractivity contribution in [2.24, 2.45) is 5.92 Å². The van der Waals surface area contributed by atoms with E-state index in [0.29, 0.717) is 18.1 Å². The van der Waals surface area contributed by atoms with Gasteiger partial charge in [-0.15, -0.1) is 5.10 Å². The lowest BCUT2D eigenvalue weighted by Gasteiger charge is -2.30. The highest BCUT2D eigenvalue weighted by Gasteiger charge is 2.25. The number of nitrogens with zero attached hydrogens (tertiary/aromatic N) is 5. The maximum absolute atomic E-state index is 12.4. The van der Waals surface area contributed by atoms with Gasteiger partial charge in [-0.25, -0.2) is 9.78 Å². The molecule has 1 aliphatic rings. The Hall–Kier alpha value is -3.00. The first-order chi connectivity index (χ1) is 12.7. The fourth-order valence-electron chi connectivity index (χ4n) is 3.25. The molecule has 1 N–H and O–H groups in total. The number of carbonyl (C=O) groups is 1. The molecule has 0 radical (unpaired) electrons. The van der Waals surface area contributed by atoms with E-state index in [1.165, 1.54) is 9.08 Å². The Bertz CT molecular complexity index is 956. The molecule has 1 amide bonds. The lowest BCUT2D eigenvalue weighted by atomic mass is 9.96. The first-order valence-corrected chi connectivity index (χ1v) is 8.69. The van der Waals surface area contributed by atoms with Crippen molar-refractivity contribution in [3.8, 4) is 0 Å². The van der Waals surface area contributed by atoms with Crippen molar-refractivity contribution in [1.82, 2.24) is 24.1 Å². The van der Waals surface area contributed by atoms with Crippen molar-refractivity contribution in [2.75, 3.05) is 18.4 Å². The summed E-state index contributed by atoms with van der Waals surface area (Å²) >= 11 is 0. The van der Waals surface area contributed by atoms with E-state index in [2.05, 4.69) is 20.3 Å². The molecule has 0 aromatic carbocycles. The van der Waals surface area contributed by atoms with Crippen LogP contribution in [0.25, 0.3) is 5.65 Å². The van der Waals surface area contributed by atoms with E-state index in [1.54, 1.807) is 18.5 Å². The number of nitrogens with one attached hydrogen (secondary N) is 1. The topological polar surface area (TPSA) is 84.5 Å². The summed E-state index contributed by atoms with van der Waals surface area (Å²) in [5, 5.41) is 7.22. The Morgan fingerprint density at radius 3 is 2.69 bits per heavy atom. The van der Waals surface area contributed by atoms with Crippen LogP contribution in [-0.4, -0.2) is 43.1 Å². The van der Waals surface area contributed by atoms with Gasteiger partial charge in [0, 0.05) is 31.4 Å². The van der Waals surface area contributed by atoms with E-state index >= 15 is 0 Å². The maximum atomic E-state index is 12.4. The van der Waals surface area contributed by atoms with E-state index in [4.69, 9.17) is 0 Å². The molecule has 1 fully saturated rings. The van der Waals surface area contributed by atoms with Crippen molar-refractivity contribution in [2.45, 2.75) is 19.5 Å². The molecule has 0 saturated carbocycles. The van der Waals surface area contributed by atoms with Crippen molar-refractivity contribution >= 4 is 17.4 Å². The molecule has 4 heterocycles. The Labute approximate surface area is 150 Å². The van der Waals surface area contributed by atoms with Gasteiger partial charge in [0.1, 0.15) is 5.82 Å². The highest BCUT2D eigenvalue weighted by Crippen LogP contribution is 2.19. The normalized spacial score (nSPS) is 16.0. The summed E-state index contributed by atoms with van der Waals surface area (Å²) < 4.78 is 3.01. The lowest BCUT2D eigenvalue weighted by Crippen LogP contribution is -2.41. The van der Waals surface area contributed by atoms with Gasteiger partial charge in [0.25, 0.3) is 0 Å². The number of amides is 1. The quantitative estimate of drug-likeness (QED) is 0.763. The van der Waals surface area contributed by atoms with Crippen molar-refractivity contribution < 1.29 is 4.79 Å². The third-order valence-electron chi connectivity index (χ3n) is 4.70. The minimum absolute atomic E-state index is 0.00764. The Morgan fingerprint density at radius 2 is 1.96 bits per heavy atom. The predicted molar refractivity (Wildman–Crippen MR) is 96.6 cm³/mol. The number of carbonyl (C=O) groups excluding carboxylic acids is 1. The van der Waals surface area contributed by atoms with Crippen LogP contribution in [0.5, 0.6) is 0 Å². The second kappa shape index (κ2) is 7.09. The first-order valence-electron chi connectivity index (χ1n) is 8.69. The Balaban J connectivity index is 1.35. The zero-order valence-corrected chi connectivity index (χ0v) is 14.3. The Kier molecular flexibility index (Phi) is 4.49. The fraction of sp³-hybridized carbons (Fsp3) is 0.333. The van der Waals surface area contributed by atoms with E-state index in [0.717, 1.165) is 25.9 Å². The van der Waals surface area contributed by atoms with Crippen LogP contribution in [0.3, 0.4) is 0 Å². The van der Waals surface area contributed by atoms with Gasteiger partial charge in [0.15, 0.2) is 5.65 Å². The van der Waals surface area contributed by atoms with Crippen LogP contribution in [0.2, 0.25) is 0 Å². The van der Waals surface area contributed by atoms with Gasteiger partial charge in [-0.1, -0.05) is 12.1 Å². The third kappa shape index (κ3) is 3.36. The molecule has 0 spiro atoms. The molecule has 8 heteroatoms. The van der Waals surface area contributed by atoms with E-state index in [-0.39, 0.29) is 17.5 Å². The van der Waals surface area contributed by atoms with Crippen LogP contribution in [0.1, 0.15) is 12.8 Å². The number of pyridine rings is 2. The summed E-state index contributed by atoms with van der Waals surface area (Å²) in [6, 6.07) is 10.9. The minimum atomic E-state index is -0.143. The minimum Gasteiger partial charge on any atom is -0.310 e. The van der Waals surface area contributed by atoms with Crippen molar-refractivity contribution in [1.29, 1.82) is 0 Å². The number of anilines is 1. The highest BCUT2D eigenvalue weighted by atomic mass is 16.2. The van der Waals surface area contributed by atoms with Gasteiger partial charge in [-0.05, 0) is 37.1 Å². The number of hydrogen-bond acceptors (Lipinski definition) is 5. The fourth-order valence-corrected chi connectivity index (χ4v) is 3.25. The molecular formula is C18H20N6O2. The number of rotatable bonds is 4. The number of likely N-dealkylation sites (tertiary alicyclic amines) is 1. The summed E-state index contributed by atoms with van der Waals surface area (Å²) in [6.45, 7) is 1.94. The van der Waals surface area contributed by atoms with Crippen LogP contribution in [0, 0.1) is 5.92 Å². The molecule has 26 heavy (non-hydrogen) atoms. The highest BCUT2D eigenvalue weighted by molar-refractivity contribution is 5.91. The average molecular weight is 352 g/mol. The van der Waals surface area contributed by atoms with Gasteiger partial charge < -0.3 is 5.32 Å². The molecule has 0 bridgehead atoms. The zero-order valence-electron chi connectivity index (χ0n) is 14.3. The van der Waals surface area contributed by atoms with Gasteiger partial charge in [0.05, 0.1) is 6.67 Å². The van der Waals surface area contributed by atoms with Crippen LogP contribution >= 0.6 is 0 Å². The maximum Gasteiger partial charge on any atom is 0.351 e. The SMILES string of the molecule is O=C(Nc1ccccn1)C1CCN(Cn2nc3ccccn3c2=O)CC1. The predicted octanol–water partition coefficient (Wildman–Crippen LogP) is 1.20. The van der Waals surface area contributed by atoms with Gasteiger partial charge in [0.2, 0.25) is 5.91 Å². The molecule has 3 aromatic heterocycles. The van der Waals surface area contributed by atoms with Crippen molar-refractivity contribution in [3.05, 3.63) is 59.3 Å². The molecule has 8 nitrogen and oxygen atoms in total. The average Bonchev–Trinajstić information content (AvgIpc) is 2.99. The summed E-state index contributed by atoms with van der Waals surface area (Å²) in [7, 11) is 0. The van der Waals surface area contributed by atoms with E-state index in [9.17, 15) is 9.59 Å². The smallest absolute Gasteiger partial charge is 0.310 e. The summed E-state index contributed by atoms with van der Waals surface area (Å²) in [5.41, 5.74) is 0.498. The number of piperidine rings is 1. The van der Waals surface area contributed by atoms with Crippen molar-refractivity contribution in [3.63, 3.8) is 0 Å². The summed E-state index contributed by atoms with van der Waals surface area (Å²) in [4.78, 5) is 31.0. The first kappa shape index (κ1) is 16.5. The van der Waals surface area contributed by atoms with Crippen LogP contribution in [-0.2, 0) is 11.5 Å². The number of fused-ring (bicyclic) bond motifs is 1. The summed E-state index contributed by atoms with van der Waals surface area (Å²) in [6.07, 6.45) is 4.88. The second-order valence-electron chi connectivity index (χ2n) is 6.45. The van der Waals surface area contributed by atoms with E-state index in [1.807, 2.05) is 30.3 Å². The van der Waals surface area contributed by atoms with Crippen LogP contribution in [0.4, 0.5) is 5.82 Å². The largest absolute Gasteiger partial charge is 0.351 e. The lowest BCUT2D eigenvalue weighted by molar-refractivity contribution is -0.121. The van der Waals surface area contributed by atoms with Gasteiger partial charge in [-0.3, -0.25) is 14.1 Å². The molecule has 134 valence electrons. The number of hydrogen-bond donors (Lipinski definition) is 1. The molecular weight excluding hydrogens is 332 g/mol. The van der Waals surface area contributed by atoms with Crippen LogP contribution in [0.15, 0.2) is 53.6 Å². The van der Waals surface area contributed by atoms with Gasteiger partial charge >= 0.3 is 5.69 Å². The number of aromatic nitrogens is 4. The standard InChI is InChI=1S/C18H20N6O2/c25-17(20-15-5-1-3-9-19-15)14-7-11-22(12-8-14)13-24-18(26)23-10-4-2-6-16(23)21-24/h1-6,9-10,14H,7-8,11-13H2,(H,19,20,25). The third-order valence-corrected chi connectivity index (χ3v) is 4.70. The molecule has 1 aliphatic heterocycles. The molecule has 0 atom stereocenters. The van der Waals surface area contributed by atoms with Gasteiger partial charge in [-0.2, -0.15) is 4.68 Å².